The van der Waals surface area contributed by atoms with Gasteiger partial charge < -0.3 is 19.9 Å². The van der Waals surface area contributed by atoms with E-state index in [1.165, 1.54) is 11.3 Å². The Balaban J connectivity index is 1.28. The molecule has 1 aliphatic heterocycles. The number of carbonyl (C=O) groups excluding carboxylic acids is 1. The number of ether oxygens (including phenoxy) is 1. The number of piperazine rings is 1. The topological polar surface area (TPSA) is 96.4 Å². The van der Waals surface area contributed by atoms with E-state index in [2.05, 4.69) is 25.2 Å². The highest BCUT2D eigenvalue weighted by molar-refractivity contribution is 7.21. The third kappa shape index (κ3) is 4.76. The average molecular weight is 462 g/mol. The summed E-state index contributed by atoms with van der Waals surface area (Å²) in [6.45, 7) is 3.01. The van der Waals surface area contributed by atoms with E-state index in [-0.39, 0.29) is 12.5 Å². The van der Waals surface area contributed by atoms with Gasteiger partial charge in [0.05, 0.1) is 5.69 Å². The van der Waals surface area contributed by atoms with E-state index in [1.54, 1.807) is 25.7 Å². The van der Waals surface area contributed by atoms with Crippen LogP contribution in [0.4, 0.5) is 16.6 Å². The molecule has 0 unspecified atom stereocenters. The monoisotopic (exact) mass is 461 g/mol. The van der Waals surface area contributed by atoms with E-state index in [4.69, 9.17) is 9.72 Å². The maximum Gasteiger partial charge on any atom is 0.248 e. The molecule has 1 saturated heterocycles. The van der Waals surface area contributed by atoms with Crippen molar-refractivity contribution in [2.75, 3.05) is 50.1 Å². The second kappa shape index (κ2) is 9.47. The number of fused-ring (bicyclic) bond motifs is 1. The Labute approximate surface area is 195 Å². The van der Waals surface area contributed by atoms with Crippen LogP contribution in [0.1, 0.15) is 0 Å². The van der Waals surface area contributed by atoms with Crippen molar-refractivity contribution in [1.82, 2.24) is 24.8 Å². The number of hydrogen-bond donors (Lipinski definition) is 1. The smallest absolute Gasteiger partial charge is 0.248 e. The molecular weight excluding hydrogens is 438 g/mol. The lowest BCUT2D eigenvalue weighted by Crippen LogP contribution is -2.49. The second-order valence-corrected chi connectivity index (χ2v) is 8.58. The quantitative estimate of drug-likeness (QED) is 0.468. The van der Waals surface area contributed by atoms with Crippen LogP contribution in [0.15, 0.2) is 55.0 Å². The highest BCUT2D eigenvalue weighted by atomic mass is 32.1. The van der Waals surface area contributed by atoms with Gasteiger partial charge in [0.15, 0.2) is 5.13 Å². The van der Waals surface area contributed by atoms with Gasteiger partial charge in [-0.3, -0.25) is 9.78 Å². The number of hydrogen-bond acceptors (Lipinski definition) is 9. The minimum Gasteiger partial charge on any atom is -0.375 e. The predicted octanol–water partition coefficient (Wildman–Crippen LogP) is 3.19. The summed E-state index contributed by atoms with van der Waals surface area (Å²) in [6.07, 6.45) is 5.34. The van der Waals surface area contributed by atoms with Gasteiger partial charge in [0.1, 0.15) is 22.8 Å². The van der Waals surface area contributed by atoms with E-state index in [9.17, 15) is 4.79 Å². The number of pyridine rings is 3. The molecule has 0 saturated carbocycles. The van der Waals surface area contributed by atoms with Crippen LogP contribution in [0.25, 0.3) is 21.6 Å². The Morgan fingerprint density at radius 3 is 2.79 bits per heavy atom. The van der Waals surface area contributed by atoms with Gasteiger partial charge in [0, 0.05) is 69.2 Å². The summed E-state index contributed by atoms with van der Waals surface area (Å²) in [6, 6.07) is 11.8. The van der Waals surface area contributed by atoms with Gasteiger partial charge in [-0.1, -0.05) is 11.3 Å². The lowest BCUT2D eigenvalue weighted by molar-refractivity contribution is -0.135. The lowest BCUT2D eigenvalue weighted by atomic mass is 10.2. The van der Waals surface area contributed by atoms with Crippen molar-refractivity contribution >= 4 is 44.2 Å². The molecule has 168 valence electrons. The van der Waals surface area contributed by atoms with Gasteiger partial charge in [-0.15, -0.1) is 0 Å². The number of carbonyl (C=O) groups is 1. The van der Waals surface area contributed by atoms with Crippen LogP contribution in [0, 0.1) is 0 Å². The Kier molecular flexibility index (Phi) is 6.09. The number of thiazole rings is 1. The standard InChI is InChI=1S/C23H23N7O2S/c1-32-15-21(31)30-11-9-29(10-12-30)17-6-8-25-20(13-17)28-23-27-19-5-4-18(26-22(19)33-23)16-3-2-7-24-14-16/h2-8,13-14H,9-12,15H2,1H3,(H,25,27,28). The maximum absolute atomic E-state index is 12.0. The number of anilines is 3. The zero-order chi connectivity index (χ0) is 22.6. The highest BCUT2D eigenvalue weighted by Crippen LogP contribution is 2.29. The van der Waals surface area contributed by atoms with Crippen LogP contribution in [0.3, 0.4) is 0 Å². The fraction of sp³-hybridized carbons (Fsp3) is 0.261. The first-order valence-electron chi connectivity index (χ1n) is 10.6. The number of aromatic nitrogens is 4. The molecule has 0 aliphatic carbocycles. The molecule has 0 aromatic carbocycles. The van der Waals surface area contributed by atoms with Crippen molar-refractivity contribution in [3.8, 4) is 11.3 Å². The first kappa shape index (κ1) is 21.2. The molecule has 9 nitrogen and oxygen atoms in total. The molecule has 5 heterocycles. The summed E-state index contributed by atoms with van der Waals surface area (Å²) in [5, 5.41) is 4.05. The van der Waals surface area contributed by atoms with Crippen LogP contribution >= 0.6 is 11.3 Å². The van der Waals surface area contributed by atoms with E-state index >= 15 is 0 Å². The minimum absolute atomic E-state index is 0.0327. The number of nitrogens with zero attached hydrogens (tertiary/aromatic N) is 6. The molecule has 0 bridgehead atoms. The van der Waals surface area contributed by atoms with Crippen molar-refractivity contribution in [2.24, 2.45) is 0 Å². The van der Waals surface area contributed by atoms with Gasteiger partial charge in [-0.05, 0) is 30.3 Å². The van der Waals surface area contributed by atoms with E-state index in [0.29, 0.717) is 13.1 Å². The number of rotatable bonds is 6. The second-order valence-electron chi connectivity index (χ2n) is 7.61. The van der Waals surface area contributed by atoms with Gasteiger partial charge in [0.25, 0.3) is 0 Å². The zero-order valence-electron chi connectivity index (χ0n) is 18.1. The Hall–Kier alpha value is -3.63. The van der Waals surface area contributed by atoms with Gasteiger partial charge in [0.2, 0.25) is 5.91 Å². The fourth-order valence-electron chi connectivity index (χ4n) is 3.77. The lowest BCUT2D eigenvalue weighted by Gasteiger charge is -2.36. The first-order valence-corrected chi connectivity index (χ1v) is 11.4. The van der Waals surface area contributed by atoms with Gasteiger partial charge >= 0.3 is 0 Å². The summed E-state index contributed by atoms with van der Waals surface area (Å²) < 4.78 is 4.96. The van der Waals surface area contributed by atoms with Crippen LogP contribution < -0.4 is 10.2 Å². The summed E-state index contributed by atoms with van der Waals surface area (Å²) in [5.41, 5.74) is 3.74. The molecule has 0 atom stereocenters. The van der Waals surface area contributed by atoms with Crippen LogP contribution in [-0.4, -0.2) is 70.6 Å². The van der Waals surface area contributed by atoms with Gasteiger partial charge in [-0.2, -0.15) is 0 Å². The van der Waals surface area contributed by atoms with Gasteiger partial charge in [-0.25, -0.2) is 15.0 Å². The molecule has 1 N–H and O–H groups in total. The van der Waals surface area contributed by atoms with E-state index < -0.39 is 0 Å². The summed E-state index contributed by atoms with van der Waals surface area (Å²) in [4.78, 5) is 35.0. The maximum atomic E-state index is 12.0. The number of methoxy groups -OCH3 is 1. The number of amides is 1. The zero-order valence-corrected chi connectivity index (χ0v) is 19.0. The van der Waals surface area contributed by atoms with Crippen molar-refractivity contribution in [2.45, 2.75) is 0 Å². The molecule has 4 aromatic heterocycles. The fourth-order valence-corrected chi connectivity index (χ4v) is 4.61. The number of nitrogens with one attached hydrogen (secondary N) is 1. The molecule has 1 amide bonds. The van der Waals surface area contributed by atoms with Crippen molar-refractivity contribution in [1.29, 1.82) is 0 Å². The summed E-state index contributed by atoms with van der Waals surface area (Å²) in [5.74, 6) is 0.752. The van der Waals surface area contributed by atoms with E-state index in [1.807, 2.05) is 41.3 Å². The largest absolute Gasteiger partial charge is 0.375 e. The molecule has 33 heavy (non-hydrogen) atoms. The third-order valence-corrected chi connectivity index (χ3v) is 6.34. The summed E-state index contributed by atoms with van der Waals surface area (Å²) in [7, 11) is 1.54. The van der Waals surface area contributed by atoms with Crippen LogP contribution in [0.5, 0.6) is 0 Å². The highest BCUT2D eigenvalue weighted by Gasteiger charge is 2.21. The minimum atomic E-state index is 0.0327. The average Bonchev–Trinajstić information content (AvgIpc) is 3.26. The van der Waals surface area contributed by atoms with Crippen LogP contribution in [-0.2, 0) is 9.53 Å². The Bertz CT molecular complexity index is 1260. The Morgan fingerprint density at radius 2 is 2.00 bits per heavy atom. The van der Waals surface area contributed by atoms with Crippen molar-refractivity contribution in [3.05, 3.63) is 55.0 Å². The molecule has 0 spiro atoms. The third-order valence-electron chi connectivity index (χ3n) is 5.46. The molecule has 0 radical (unpaired) electrons. The van der Waals surface area contributed by atoms with Crippen molar-refractivity contribution in [3.63, 3.8) is 0 Å². The molecule has 4 aromatic rings. The van der Waals surface area contributed by atoms with E-state index in [0.717, 1.165) is 51.3 Å². The molecule has 1 aliphatic rings. The van der Waals surface area contributed by atoms with Crippen molar-refractivity contribution < 1.29 is 9.53 Å². The predicted molar refractivity (Wildman–Crippen MR) is 129 cm³/mol. The Morgan fingerprint density at radius 1 is 1.12 bits per heavy atom. The molecular formula is C23H23N7O2S. The molecule has 1 fully saturated rings. The SMILES string of the molecule is COCC(=O)N1CCN(c2ccnc(Nc3nc4ccc(-c5cccnc5)nc4s3)c2)CC1. The molecule has 5 rings (SSSR count). The molecule has 10 heteroatoms. The first-order chi connectivity index (χ1) is 16.2. The van der Waals surface area contributed by atoms with Crippen LogP contribution in [0.2, 0.25) is 0 Å². The normalized spacial score (nSPS) is 14.0. The summed E-state index contributed by atoms with van der Waals surface area (Å²) >= 11 is 1.49.